The minimum absolute atomic E-state index is 0.182. The molecule has 162 valence electrons. The van der Waals surface area contributed by atoms with Gasteiger partial charge in [-0.1, -0.05) is 12.1 Å². The molecule has 0 fully saturated rings. The van der Waals surface area contributed by atoms with Gasteiger partial charge in [0.1, 0.15) is 17.3 Å². The lowest BCUT2D eigenvalue weighted by molar-refractivity contribution is 0.0700. The highest BCUT2D eigenvalue weighted by molar-refractivity contribution is 7.94. The van der Waals surface area contributed by atoms with E-state index in [4.69, 9.17) is 4.74 Å². The molecular weight excluding hydrogens is 434 g/mol. The molecule has 3 rings (SSSR count). The van der Waals surface area contributed by atoms with Crippen molar-refractivity contribution in [3.05, 3.63) is 35.9 Å². The Morgan fingerprint density at radius 1 is 1.33 bits per heavy atom. The number of aromatic nitrogens is 3. The zero-order valence-corrected chi connectivity index (χ0v) is 18.1. The molecule has 11 nitrogen and oxygen atoms in total. The van der Waals surface area contributed by atoms with Crippen LogP contribution < -0.4 is 10.0 Å². The molecule has 0 saturated carbocycles. The van der Waals surface area contributed by atoms with Gasteiger partial charge in [0.15, 0.2) is 15.7 Å². The Hall–Kier alpha value is -2.64. The molecule has 2 atom stereocenters. The van der Waals surface area contributed by atoms with Crippen molar-refractivity contribution in [3.8, 4) is 0 Å². The first-order valence-corrected chi connectivity index (χ1v) is 12.1. The van der Waals surface area contributed by atoms with Gasteiger partial charge in [-0.2, -0.15) is 4.98 Å². The average Bonchev–Trinajstić information content (AvgIpc) is 2.90. The van der Waals surface area contributed by atoms with E-state index in [2.05, 4.69) is 20.3 Å². The van der Waals surface area contributed by atoms with Crippen LogP contribution >= 0.6 is 0 Å². The molecule has 2 aromatic rings. The van der Waals surface area contributed by atoms with Crippen LogP contribution in [0.3, 0.4) is 0 Å². The standard InChI is InChI=1S/C17H21N5O6S2/c1-4-28-11(3)15-18-9-19-16(20-15)21-17(23)22-30(26,27)13-7-5-6-12-8-10(2)29(24,25)14(12)13/h5-7,9-11H,4,8H2,1-3H3,(H2,18,19,20,21,22,23). The molecule has 1 aliphatic rings. The van der Waals surface area contributed by atoms with E-state index in [9.17, 15) is 21.6 Å². The number of ether oxygens (including phenoxy) is 1. The van der Waals surface area contributed by atoms with Crippen molar-refractivity contribution < 1.29 is 26.4 Å². The van der Waals surface area contributed by atoms with Crippen molar-refractivity contribution in [2.75, 3.05) is 11.9 Å². The van der Waals surface area contributed by atoms with Gasteiger partial charge in [-0.15, -0.1) is 0 Å². The van der Waals surface area contributed by atoms with Gasteiger partial charge >= 0.3 is 6.03 Å². The minimum atomic E-state index is -4.47. The Bertz CT molecular complexity index is 1180. The topological polar surface area (TPSA) is 157 Å². The van der Waals surface area contributed by atoms with E-state index < -0.39 is 42.1 Å². The van der Waals surface area contributed by atoms with E-state index in [0.717, 1.165) is 12.4 Å². The number of benzene rings is 1. The number of sulfonamides is 1. The Morgan fingerprint density at radius 3 is 2.77 bits per heavy atom. The van der Waals surface area contributed by atoms with Gasteiger partial charge in [0.2, 0.25) is 5.95 Å². The molecule has 2 unspecified atom stereocenters. The summed E-state index contributed by atoms with van der Waals surface area (Å²) >= 11 is 0. The molecule has 1 aliphatic heterocycles. The summed E-state index contributed by atoms with van der Waals surface area (Å²) < 4.78 is 57.7. The van der Waals surface area contributed by atoms with Gasteiger partial charge in [-0.25, -0.2) is 36.3 Å². The minimum Gasteiger partial charge on any atom is -0.371 e. The number of hydrogen-bond acceptors (Lipinski definition) is 9. The molecule has 30 heavy (non-hydrogen) atoms. The first-order valence-electron chi connectivity index (χ1n) is 9.06. The van der Waals surface area contributed by atoms with E-state index in [1.165, 1.54) is 13.0 Å². The van der Waals surface area contributed by atoms with Crippen LogP contribution in [0.25, 0.3) is 0 Å². The number of nitrogens with zero attached hydrogens (tertiary/aromatic N) is 3. The van der Waals surface area contributed by atoms with Crippen LogP contribution in [-0.4, -0.2) is 49.7 Å². The van der Waals surface area contributed by atoms with Crippen LogP contribution in [0.4, 0.5) is 10.7 Å². The summed E-state index contributed by atoms with van der Waals surface area (Å²) in [4.78, 5) is 23.2. The maximum Gasteiger partial charge on any atom is 0.335 e. The highest BCUT2D eigenvalue weighted by Crippen LogP contribution is 2.35. The quantitative estimate of drug-likeness (QED) is 0.653. The summed E-state index contributed by atoms with van der Waals surface area (Å²) in [6.07, 6.45) is 0.906. The fourth-order valence-electron chi connectivity index (χ4n) is 3.07. The molecule has 0 aliphatic carbocycles. The molecule has 13 heteroatoms. The van der Waals surface area contributed by atoms with E-state index in [-0.39, 0.29) is 23.1 Å². The number of carbonyl (C=O) groups excluding carboxylic acids is 1. The van der Waals surface area contributed by atoms with Gasteiger partial charge < -0.3 is 4.74 Å². The van der Waals surface area contributed by atoms with Crippen molar-refractivity contribution >= 4 is 31.8 Å². The fourth-order valence-corrected chi connectivity index (χ4v) is 6.45. The maximum atomic E-state index is 12.7. The maximum absolute atomic E-state index is 12.7. The van der Waals surface area contributed by atoms with Gasteiger partial charge in [-0.3, -0.25) is 5.32 Å². The largest absolute Gasteiger partial charge is 0.371 e. The first kappa shape index (κ1) is 22.1. The lowest BCUT2D eigenvalue weighted by Crippen LogP contribution is -2.35. The smallest absolute Gasteiger partial charge is 0.335 e. The zero-order valence-electron chi connectivity index (χ0n) is 16.5. The molecule has 1 aromatic heterocycles. The van der Waals surface area contributed by atoms with Crippen molar-refractivity contribution in [3.63, 3.8) is 0 Å². The van der Waals surface area contributed by atoms with Crippen LogP contribution in [0.2, 0.25) is 0 Å². The average molecular weight is 456 g/mol. The number of anilines is 1. The lowest BCUT2D eigenvalue weighted by atomic mass is 10.1. The summed E-state index contributed by atoms with van der Waals surface area (Å²) in [7, 11) is -8.28. The molecule has 0 bridgehead atoms. The molecule has 1 aromatic carbocycles. The Labute approximate surface area is 174 Å². The Kier molecular flexibility index (Phi) is 6.06. The van der Waals surface area contributed by atoms with E-state index >= 15 is 0 Å². The molecule has 2 amide bonds. The number of urea groups is 1. The highest BCUT2D eigenvalue weighted by Gasteiger charge is 2.39. The number of fused-ring (bicyclic) bond motifs is 1. The van der Waals surface area contributed by atoms with Crippen molar-refractivity contribution in [2.24, 2.45) is 0 Å². The Balaban J connectivity index is 1.82. The van der Waals surface area contributed by atoms with Crippen LogP contribution in [-0.2, 0) is 31.0 Å². The van der Waals surface area contributed by atoms with Crippen molar-refractivity contribution in [1.29, 1.82) is 0 Å². The predicted octanol–water partition coefficient (Wildman–Crippen LogP) is 1.20. The van der Waals surface area contributed by atoms with E-state index in [1.54, 1.807) is 24.6 Å². The third-order valence-electron chi connectivity index (χ3n) is 4.49. The summed E-state index contributed by atoms with van der Waals surface area (Å²) in [5.74, 6) is 0.0738. The van der Waals surface area contributed by atoms with Crippen LogP contribution in [0, 0.1) is 0 Å². The second kappa shape index (κ2) is 8.24. The molecule has 0 saturated heterocycles. The van der Waals surface area contributed by atoms with E-state index in [1.807, 2.05) is 0 Å². The molecule has 2 N–H and O–H groups in total. The summed E-state index contributed by atoms with van der Waals surface area (Å²) in [5, 5.41) is 1.46. The second-order valence-electron chi connectivity index (χ2n) is 6.63. The lowest BCUT2D eigenvalue weighted by Gasteiger charge is -2.12. The van der Waals surface area contributed by atoms with Gasteiger partial charge in [-0.05, 0) is 38.8 Å². The van der Waals surface area contributed by atoms with Crippen LogP contribution in [0.1, 0.15) is 38.3 Å². The zero-order chi connectivity index (χ0) is 22.1. The normalized spacial score (nSPS) is 18.4. The summed E-state index contributed by atoms with van der Waals surface area (Å²) in [5.41, 5.74) is 0.401. The molecule has 2 heterocycles. The first-order chi connectivity index (χ1) is 14.1. The highest BCUT2D eigenvalue weighted by atomic mass is 32.2. The number of carbonyl (C=O) groups is 1. The SMILES string of the molecule is CCOC(C)c1ncnc(NC(=O)NS(=O)(=O)c2cccc3c2S(=O)(=O)C(C)C3)n1. The number of amides is 2. The summed E-state index contributed by atoms with van der Waals surface area (Å²) in [6, 6.07) is 3.00. The van der Waals surface area contributed by atoms with Crippen LogP contribution in [0.15, 0.2) is 34.3 Å². The number of hydrogen-bond donors (Lipinski definition) is 2. The Morgan fingerprint density at radius 2 is 2.07 bits per heavy atom. The third-order valence-corrected chi connectivity index (χ3v) is 8.27. The number of nitrogens with one attached hydrogen (secondary N) is 2. The van der Waals surface area contributed by atoms with Gasteiger partial charge in [0.05, 0.1) is 10.1 Å². The fraction of sp³-hybridized carbons (Fsp3) is 0.412. The molecule has 0 radical (unpaired) electrons. The summed E-state index contributed by atoms with van der Waals surface area (Å²) in [6.45, 7) is 5.45. The number of rotatable bonds is 6. The van der Waals surface area contributed by atoms with Crippen LogP contribution in [0.5, 0.6) is 0 Å². The second-order valence-corrected chi connectivity index (χ2v) is 10.6. The van der Waals surface area contributed by atoms with Crippen molar-refractivity contribution in [2.45, 2.75) is 48.3 Å². The van der Waals surface area contributed by atoms with Gasteiger partial charge in [0.25, 0.3) is 10.0 Å². The monoisotopic (exact) mass is 455 g/mol. The molecular formula is C17H21N5O6S2. The molecule has 0 spiro atoms. The third kappa shape index (κ3) is 4.27. The van der Waals surface area contributed by atoms with Crippen molar-refractivity contribution in [1.82, 2.24) is 19.7 Å². The number of sulfone groups is 1. The van der Waals surface area contributed by atoms with E-state index in [0.29, 0.717) is 12.2 Å². The predicted molar refractivity (Wildman–Crippen MR) is 106 cm³/mol. The van der Waals surface area contributed by atoms with Gasteiger partial charge in [0, 0.05) is 6.61 Å².